The van der Waals surface area contributed by atoms with Crippen LogP contribution >= 0.6 is 0 Å². The second kappa shape index (κ2) is 8.87. The van der Waals surface area contributed by atoms with Gasteiger partial charge in [0.05, 0.1) is 19.1 Å². The number of carbonyl (C=O) groups is 2. The van der Waals surface area contributed by atoms with Crippen LogP contribution in [-0.2, 0) is 19.1 Å². The molecule has 0 spiro atoms. The normalized spacial score (nSPS) is 11.8. The fourth-order valence-corrected chi connectivity index (χ4v) is 2.27. The van der Waals surface area contributed by atoms with Gasteiger partial charge >= 0.3 is 11.9 Å². The van der Waals surface area contributed by atoms with E-state index in [2.05, 4.69) is 0 Å². The highest BCUT2D eigenvalue weighted by molar-refractivity contribution is 5.96. The van der Waals surface area contributed by atoms with E-state index in [0.717, 1.165) is 5.56 Å². The van der Waals surface area contributed by atoms with Crippen LogP contribution in [0, 0.1) is 23.0 Å². The summed E-state index contributed by atoms with van der Waals surface area (Å²) in [6.45, 7) is 4.68. The number of nitro groups is 1. The first-order valence-corrected chi connectivity index (χ1v) is 7.42. The Morgan fingerprint density at radius 1 is 1.09 bits per heavy atom. The van der Waals surface area contributed by atoms with Crippen molar-refractivity contribution in [1.29, 1.82) is 0 Å². The third-order valence-corrected chi connectivity index (χ3v) is 3.33. The first-order valence-electron chi connectivity index (χ1n) is 7.42. The Kier molecular flexibility index (Phi) is 7.18. The summed E-state index contributed by atoms with van der Waals surface area (Å²) in [7, 11) is 0. The van der Waals surface area contributed by atoms with E-state index in [1.54, 1.807) is 38.1 Å². The average Bonchev–Trinajstić information content (AvgIpc) is 2.47. The Balaban J connectivity index is 3.24. The van der Waals surface area contributed by atoms with Crippen LogP contribution in [-0.4, -0.2) is 36.6 Å². The Bertz CT molecular complexity index is 536. The molecule has 0 N–H and O–H groups in total. The molecule has 0 saturated carbocycles. The van der Waals surface area contributed by atoms with Crippen molar-refractivity contribution >= 4 is 11.9 Å². The van der Waals surface area contributed by atoms with E-state index in [0.29, 0.717) is 5.56 Å². The molecule has 0 fully saturated rings. The summed E-state index contributed by atoms with van der Waals surface area (Å²) in [5.41, 5.74) is 1.50. The molecule has 126 valence electrons. The third-order valence-electron chi connectivity index (χ3n) is 3.33. The standard InChI is InChI=1S/C16H21NO6/c1-4-22-15(18)14(16(19)23-5-2)13(10-17(20)21)12-8-6-11(3)7-9-12/h6-9,13-14H,4-5,10H2,1-3H3/t13-/m0/s1. The molecule has 0 heterocycles. The van der Waals surface area contributed by atoms with Gasteiger partial charge in [-0.3, -0.25) is 19.7 Å². The maximum atomic E-state index is 12.2. The predicted molar refractivity (Wildman–Crippen MR) is 82.5 cm³/mol. The van der Waals surface area contributed by atoms with Crippen LogP contribution < -0.4 is 0 Å². The first-order chi connectivity index (χ1) is 10.9. The van der Waals surface area contributed by atoms with Crippen LogP contribution in [0.1, 0.15) is 30.9 Å². The monoisotopic (exact) mass is 323 g/mol. The average molecular weight is 323 g/mol. The highest BCUT2D eigenvalue weighted by Crippen LogP contribution is 2.28. The zero-order chi connectivity index (χ0) is 17.4. The van der Waals surface area contributed by atoms with Gasteiger partial charge in [-0.05, 0) is 26.3 Å². The zero-order valence-electron chi connectivity index (χ0n) is 13.5. The van der Waals surface area contributed by atoms with Gasteiger partial charge in [0.2, 0.25) is 6.54 Å². The Hall–Kier alpha value is -2.44. The van der Waals surface area contributed by atoms with Gasteiger partial charge in [-0.2, -0.15) is 0 Å². The molecule has 0 aliphatic carbocycles. The van der Waals surface area contributed by atoms with Crippen LogP contribution in [0.5, 0.6) is 0 Å². The highest BCUT2D eigenvalue weighted by atomic mass is 16.6. The number of nitrogens with zero attached hydrogens (tertiary/aromatic N) is 1. The molecule has 0 aliphatic heterocycles. The van der Waals surface area contributed by atoms with E-state index in [1.807, 2.05) is 6.92 Å². The minimum Gasteiger partial charge on any atom is -0.465 e. The molecule has 7 heteroatoms. The number of esters is 2. The third kappa shape index (κ3) is 5.36. The molecule has 0 saturated heterocycles. The van der Waals surface area contributed by atoms with Crippen molar-refractivity contribution in [2.45, 2.75) is 26.7 Å². The predicted octanol–water partition coefficient (Wildman–Crippen LogP) is 2.10. The molecule has 0 aliphatic rings. The Morgan fingerprint density at radius 3 is 1.96 bits per heavy atom. The summed E-state index contributed by atoms with van der Waals surface area (Å²) >= 11 is 0. The number of aryl methyl sites for hydroxylation is 1. The molecule has 1 aromatic carbocycles. The van der Waals surface area contributed by atoms with Crippen LogP contribution in [0.4, 0.5) is 0 Å². The molecule has 0 amide bonds. The van der Waals surface area contributed by atoms with E-state index >= 15 is 0 Å². The molecule has 23 heavy (non-hydrogen) atoms. The van der Waals surface area contributed by atoms with Crippen molar-refractivity contribution in [2.75, 3.05) is 19.8 Å². The van der Waals surface area contributed by atoms with E-state index in [4.69, 9.17) is 9.47 Å². The number of carbonyl (C=O) groups excluding carboxylic acids is 2. The minimum atomic E-state index is -1.36. The van der Waals surface area contributed by atoms with Gasteiger partial charge in [0.25, 0.3) is 0 Å². The molecule has 7 nitrogen and oxygen atoms in total. The van der Waals surface area contributed by atoms with Crippen molar-refractivity contribution in [3.05, 3.63) is 45.5 Å². The Labute approximate surface area is 134 Å². The molecule has 0 bridgehead atoms. The topological polar surface area (TPSA) is 95.7 Å². The van der Waals surface area contributed by atoms with Crippen LogP contribution in [0.15, 0.2) is 24.3 Å². The second-order valence-corrected chi connectivity index (χ2v) is 5.01. The molecule has 1 atom stereocenters. The maximum absolute atomic E-state index is 12.2. The summed E-state index contributed by atoms with van der Waals surface area (Å²) in [4.78, 5) is 34.8. The minimum absolute atomic E-state index is 0.0772. The van der Waals surface area contributed by atoms with Crippen molar-refractivity contribution < 1.29 is 24.0 Å². The van der Waals surface area contributed by atoms with Gasteiger partial charge in [-0.15, -0.1) is 0 Å². The molecule has 1 aromatic rings. The summed E-state index contributed by atoms with van der Waals surface area (Å²) in [5.74, 6) is -3.91. The number of ether oxygens (including phenoxy) is 2. The zero-order valence-corrected chi connectivity index (χ0v) is 13.5. The summed E-state index contributed by atoms with van der Waals surface area (Å²) in [6.07, 6.45) is 0. The van der Waals surface area contributed by atoms with Gasteiger partial charge < -0.3 is 9.47 Å². The van der Waals surface area contributed by atoms with Gasteiger partial charge in [0.1, 0.15) is 0 Å². The fraction of sp³-hybridized carbons (Fsp3) is 0.500. The second-order valence-electron chi connectivity index (χ2n) is 5.01. The van der Waals surface area contributed by atoms with E-state index < -0.39 is 35.2 Å². The highest BCUT2D eigenvalue weighted by Gasteiger charge is 2.41. The van der Waals surface area contributed by atoms with Gasteiger partial charge in [0.15, 0.2) is 5.92 Å². The van der Waals surface area contributed by atoms with Crippen LogP contribution in [0.3, 0.4) is 0 Å². The lowest BCUT2D eigenvalue weighted by Crippen LogP contribution is -2.36. The van der Waals surface area contributed by atoms with Crippen LogP contribution in [0.2, 0.25) is 0 Å². The lowest BCUT2D eigenvalue weighted by atomic mass is 9.85. The number of hydrogen-bond donors (Lipinski definition) is 0. The summed E-state index contributed by atoms with van der Waals surface area (Å²) in [5, 5.41) is 11.0. The van der Waals surface area contributed by atoms with Crippen LogP contribution in [0.25, 0.3) is 0 Å². The lowest BCUT2D eigenvalue weighted by Gasteiger charge is -2.21. The van der Waals surface area contributed by atoms with Gasteiger partial charge in [-0.1, -0.05) is 29.8 Å². The molecular weight excluding hydrogens is 302 g/mol. The maximum Gasteiger partial charge on any atom is 0.321 e. The fourth-order valence-electron chi connectivity index (χ4n) is 2.27. The molecule has 1 rings (SSSR count). The molecule has 0 radical (unpaired) electrons. The number of hydrogen-bond acceptors (Lipinski definition) is 6. The van der Waals surface area contributed by atoms with E-state index in [-0.39, 0.29) is 13.2 Å². The SMILES string of the molecule is CCOC(=O)C(C(=O)OCC)[C@@H](C[N+](=O)[O-])c1ccc(C)cc1. The quantitative estimate of drug-likeness (QED) is 0.314. The smallest absolute Gasteiger partial charge is 0.321 e. The van der Waals surface area contributed by atoms with Crippen molar-refractivity contribution in [2.24, 2.45) is 5.92 Å². The van der Waals surface area contributed by atoms with Crippen molar-refractivity contribution in [1.82, 2.24) is 0 Å². The number of benzene rings is 1. The summed E-state index contributed by atoms with van der Waals surface area (Å²) in [6, 6.07) is 6.90. The molecular formula is C16H21NO6. The van der Waals surface area contributed by atoms with Gasteiger partial charge in [-0.25, -0.2) is 0 Å². The molecule has 0 aromatic heterocycles. The first kappa shape index (κ1) is 18.6. The van der Waals surface area contributed by atoms with Gasteiger partial charge in [0, 0.05) is 4.92 Å². The molecule has 0 unspecified atom stereocenters. The number of rotatable bonds is 8. The Morgan fingerprint density at radius 2 is 1.57 bits per heavy atom. The lowest BCUT2D eigenvalue weighted by molar-refractivity contribution is -0.484. The van der Waals surface area contributed by atoms with Crippen molar-refractivity contribution in [3.8, 4) is 0 Å². The van der Waals surface area contributed by atoms with Crippen molar-refractivity contribution in [3.63, 3.8) is 0 Å². The van der Waals surface area contributed by atoms with E-state index in [9.17, 15) is 19.7 Å². The summed E-state index contributed by atoms with van der Waals surface area (Å²) < 4.78 is 9.83. The van der Waals surface area contributed by atoms with E-state index in [1.165, 1.54) is 0 Å². The largest absolute Gasteiger partial charge is 0.465 e.